The topological polar surface area (TPSA) is 29.1 Å². The SMILES string of the molecule is Cc1cc(Br)c(F)cc1NC(=O)c1cc(F)c(F)c(F)c1. The third-order valence-corrected chi connectivity index (χ3v) is 3.37. The number of benzene rings is 2. The highest BCUT2D eigenvalue weighted by atomic mass is 79.9. The van der Waals surface area contributed by atoms with Gasteiger partial charge in [-0.3, -0.25) is 4.79 Å². The van der Waals surface area contributed by atoms with Crippen molar-refractivity contribution in [2.75, 3.05) is 5.32 Å². The van der Waals surface area contributed by atoms with Gasteiger partial charge in [-0.05, 0) is 52.7 Å². The molecule has 0 heterocycles. The normalized spacial score (nSPS) is 10.6. The van der Waals surface area contributed by atoms with Crippen LogP contribution in [0.3, 0.4) is 0 Å². The second kappa shape index (κ2) is 5.85. The molecule has 0 aliphatic carbocycles. The first-order valence-electron chi connectivity index (χ1n) is 5.71. The van der Waals surface area contributed by atoms with Crippen molar-refractivity contribution < 1.29 is 22.4 Å². The predicted molar refractivity (Wildman–Crippen MR) is 73.1 cm³/mol. The van der Waals surface area contributed by atoms with Gasteiger partial charge in [-0.15, -0.1) is 0 Å². The smallest absolute Gasteiger partial charge is 0.255 e. The molecule has 0 aliphatic rings. The van der Waals surface area contributed by atoms with Gasteiger partial charge in [0.15, 0.2) is 17.5 Å². The van der Waals surface area contributed by atoms with E-state index >= 15 is 0 Å². The van der Waals surface area contributed by atoms with Gasteiger partial charge in [0.1, 0.15) is 5.82 Å². The van der Waals surface area contributed by atoms with Gasteiger partial charge in [-0.1, -0.05) is 0 Å². The molecule has 1 amide bonds. The van der Waals surface area contributed by atoms with Crippen LogP contribution in [0.2, 0.25) is 0 Å². The molecule has 0 saturated carbocycles. The molecule has 2 rings (SSSR count). The summed E-state index contributed by atoms with van der Waals surface area (Å²) in [4.78, 5) is 11.9. The maximum absolute atomic E-state index is 13.4. The van der Waals surface area contributed by atoms with E-state index in [4.69, 9.17) is 0 Å². The molecule has 1 N–H and O–H groups in total. The fourth-order valence-electron chi connectivity index (χ4n) is 1.66. The van der Waals surface area contributed by atoms with Crippen molar-refractivity contribution in [1.29, 1.82) is 0 Å². The molecule has 0 unspecified atom stereocenters. The number of amides is 1. The predicted octanol–water partition coefficient (Wildman–Crippen LogP) is 4.57. The number of carbonyl (C=O) groups excluding carboxylic acids is 1. The zero-order chi connectivity index (χ0) is 15.7. The number of anilines is 1. The molecule has 0 fully saturated rings. The summed E-state index contributed by atoms with van der Waals surface area (Å²) in [5.74, 6) is -6.08. The summed E-state index contributed by atoms with van der Waals surface area (Å²) < 4.78 is 52.6. The molecule has 0 atom stereocenters. The highest BCUT2D eigenvalue weighted by Gasteiger charge is 2.16. The zero-order valence-electron chi connectivity index (χ0n) is 10.6. The highest BCUT2D eigenvalue weighted by molar-refractivity contribution is 9.10. The van der Waals surface area contributed by atoms with Crippen molar-refractivity contribution in [3.8, 4) is 0 Å². The van der Waals surface area contributed by atoms with Gasteiger partial charge in [-0.25, -0.2) is 17.6 Å². The van der Waals surface area contributed by atoms with Crippen molar-refractivity contribution in [2.24, 2.45) is 0 Å². The molecule has 21 heavy (non-hydrogen) atoms. The van der Waals surface area contributed by atoms with Crippen LogP contribution in [0.5, 0.6) is 0 Å². The molecule has 0 aromatic heterocycles. The van der Waals surface area contributed by atoms with Gasteiger partial charge in [0.25, 0.3) is 5.91 Å². The molecular weight excluding hydrogens is 354 g/mol. The van der Waals surface area contributed by atoms with Crippen molar-refractivity contribution in [3.63, 3.8) is 0 Å². The van der Waals surface area contributed by atoms with E-state index in [0.717, 1.165) is 6.07 Å². The molecule has 2 aromatic rings. The van der Waals surface area contributed by atoms with Gasteiger partial charge in [0.05, 0.1) is 4.47 Å². The Kier molecular flexibility index (Phi) is 4.32. The zero-order valence-corrected chi connectivity index (χ0v) is 12.2. The van der Waals surface area contributed by atoms with Crippen molar-refractivity contribution in [1.82, 2.24) is 0 Å². The third kappa shape index (κ3) is 3.24. The number of halogens is 5. The van der Waals surface area contributed by atoms with E-state index in [2.05, 4.69) is 21.2 Å². The monoisotopic (exact) mass is 361 g/mol. The number of carbonyl (C=O) groups is 1. The molecule has 7 heteroatoms. The number of hydrogen-bond donors (Lipinski definition) is 1. The van der Waals surface area contributed by atoms with Crippen LogP contribution in [0.25, 0.3) is 0 Å². The summed E-state index contributed by atoms with van der Waals surface area (Å²) in [6.07, 6.45) is 0. The first kappa shape index (κ1) is 15.5. The maximum atomic E-state index is 13.4. The quantitative estimate of drug-likeness (QED) is 0.616. The Hall–Kier alpha value is -1.89. The fraction of sp³-hybridized carbons (Fsp3) is 0.0714. The van der Waals surface area contributed by atoms with Crippen LogP contribution in [0.15, 0.2) is 28.7 Å². The number of nitrogens with one attached hydrogen (secondary N) is 1. The highest BCUT2D eigenvalue weighted by Crippen LogP contribution is 2.24. The average Bonchev–Trinajstić information content (AvgIpc) is 2.41. The number of hydrogen-bond acceptors (Lipinski definition) is 1. The lowest BCUT2D eigenvalue weighted by Crippen LogP contribution is -2.14. The lowest BCUT2D eigenvalue weighted by atomic mass is 10.1. The Balaban J connectivity index is 2.32. The van der Waals surface area contributed by atoms with Crippen LogP contribution >= 0.6 is 15.9 Å². The largest absolute Gasteiger partial charge is 0.322 e. The molecule has 0 radical (unpaired) electrons. The van der Waals surface area contributed by atoms with Gasteiger partial charge in [0.2, 0.25) is 0 Å². The van der Waals surface area contributed by atoms with E-state index in [1.54, 1.807) is 6.92 Å². The Labute approximate surface area is 125 Å². The summed E-state index contributed by atoms with van der Waals surface area (Å²) >= 11 is 2.99. The molecule has 0 bridgehead atoms. The lowest BCUT2D eigenvalue weighted by Gasteiger charge is -2.10. The first-order chi connectivity index (χ1) is 9.79. The minimum absolute atomic E-state index is 0.144. The molecule has 0 aliphatic heterocycles. The Bertz CT molecular complexity index is 710. The van der Waals surface area contributed by atoms with E-state index < -0.39 is 34.7 Å². The van der Waals surface area contributed by atoms with Crippen molar-refractivity contribution in [2.45, 2.75) is 6.92 Å². The van der Waals surface area contributed by atoms with Gasteiger partial charge < -0.3 is 5.32 Å². The molecule has 0 spiro atoms. The van der Waals surface area contributed by atoms with E-state index in [1.807, 2.05) is 0 Å². The minimum atomic E-state index is -1.66. The second-order valence-corrected chi connectivity index (χ2v) is 5.14. The molecule has 0 saturated heterocycles. The Morgan fingerprint density at radius 1 is 1.00 bits per heavy atom. The molecular formula is C14H8BrF4NO. The number of rotatable bonds is 2. The van der Waals surface area contributed by atoms with Crippen LogP contribution in [0.1, 0.15) is 15.9 Å². The van der Waals surface area contributed by atoms with Crippen LogP contribution < -0.4 is 5.32 Å². The standard InChI is InChI=1S/C14H8BrF4NO/c1-6-2-8(15)9(16)5-12(6)20-14(21)7-3-10(17)13(19)11(18)4-7/h2-5H,1H3,(H,20,21). The van der Waals surface area contributed by atoms with Gasteiger partial charge in [0, 0.05) is 11.3 Å². The van der Waals surface area contributed by atoms with E-state index in [-0.39, 0.29) is 10.2 Å². The van der Waals surface area contributed by atoms with E-state index in [9.17, 15) is 22.4 Å². The van der Waals surface area contributed by atoms with E-state index in [1.165, 1.54) is 6.07 Å². The molecule has 2 aromatic carbocycles. The third-order valence-electron chi connectivity index (χ3n) is 2.76. The van der Waals surface area contributed by atoms with Crippen LogP contribution in [-0.2, 0) is 0 Å². The average molecular weight is 362 g/mol. The van der Waals surface area contributed by atoms with Crippen molar-refractivity contribution in [3.05, 3.63) is 63.1 Å². The summed E-state index contributed by atoms with van der Waals surface area (Å²) in [5.41, 5.74) is 0.277. The van der Waals surface area contributed by atoms with Crippen LogP contribution in [0.4, 0.5) is 23.2 Å². The summed E-state index contributed by atoms with van der Waals surface area (Å²) in [7, 11) is 0. The van der Waals surface area contributed by atoms with Crippen molar-refractivity contribution >= 4 is 27.5 Å². The van der Waals surface area contributed by atoms with Gasteiger partial charge >= 0.3 is 0 Å². The Morgan fingerprint density at radius 3 is 2.14 bits per heavy atom. The minimum Gasteiger partial charge on any atom is -0.322 e. The first-order valence-corrected chi connectivity index (χ1v) is 6.50. The summed E-state index contributed by atoms with van der Waals surface area (Å²) in [6.45, 7) is 1.62. The maximum Gasteiger partial charge on any atom is 0.255 e. The molecule has 2 nitrogen and oxygen atoms in total. The second-order valence-electron chi connectivity index (χ2n) is 4.29. The summed E-state index contributed by atoms with van der Waals surface area (Å²) in [5, 5.41) is 2.31. The number of aryl methyl sites for hydroxylation is 1. The fourth-order valence-corrected chi connectivity index (χ4v) is 2.12. The van der Waals surface area contributed by atoms with Crippen LogP contribution in [0, 0.1) is 30.2 Å². The van der Waals surface area contributed by atoms with Gasteiger partial charge in [-0.2, -0.15) is 0 Å². The van der Waals surface area contributed by atoms with E-state index in [0.29, 0.717) is 17.7 Å². The van der Waals surface area contributed by atoms with Crippen LogP contribution in [-0.4, -0.2) is 5.91 Å². The summed E-state index contributed by atoms with van der Waals surface area (Å²) in [6, 6.07) is 3.64. The lowest BCUT2D eigenvalue weighted by molar-refractivity contribution is 0.102. The molecule has 110 valence electrons. The Morgan fingerprint density at radius 2 is 1.57 bits per heavy atom.